The standard InChI is InChI=1S/C14H25N5/c1-11(2)4-3-6-16-13-8-14(18-10-17-13)19-7-5-12(15)9-19/h8,10-12H,3-7,9,15H2,1-2H3,(H,16,17,18). The summed E-state index contributed by atoms with van der Waals surface area (Å²) in [5, 5.41) is 3.37. The zero-order chi connectivity index (χ0) is 13.7. The SMILES string of the molecule is CC(C)CCCNc1cc(N2CCC(N)C2)ncn1. The molecule has 1 aliphatic rings. The van der Waals surface area contributed by atoms with Gasteiger partial charge in [0, 0.05) is 31.7 Å². The van der Waals surface area contributed by atoms with Gasteiger partial charge < -0.3 is 16.0 Å². The van der Waals surface area contributed by atoms with Crippen molar-refractivity contribution in [3.8, 4) is 0 Å². The number of rotatable bonds is 6. The molecule has 1 fully saturated rings. The minimum atomic E-state index is 0.275. The predicted molar refractivity (Wildman–Crippen MR) is 79.4 cm³/mol. The molecule has 2 rings (SSSR count). The van der Waals surface area contributed by atoms with Crippen molar-refractivity contribution >= 4 is 11.6 Å². The van der Waals surface area contributed by atoms with Gasteiger partial charge in [-0.05, 0) is 25.2 Å². The van der Waals surface area contributed by atoms with Crippen molar-refractivity contribution in [1.82, 2.24) is 9.97 Å². The average Bonchev–Trinajstić information content (AvgIpc) is 2.82. The lowest BCUT2D eigenvalue weighted by Crippen LogP contribution is -2.27. The molecule has 3 N–H and O–H groups in total. The van der Waals surface area contributed by atoms with Crippen LogP contribution >= 0.6 is 0 Å². The van der Waals surface area contributed by atoms with Gasteiger partial charge in [0.15, 0.2) is 0 Å². The van der Waals surface area contributed by atoms with Gasteiger partial charge in [0.1, 0.15) is 18.0 Å². The largest absolute Gasteiger partial charge is 0.370 e. The predicted octanol–water partition coefficient (Wildman–Crippen LogP) is 1.86. The Kier molecular flexibility index (Phi) is 4.96. The fourth-order valence-electron chi connectivity index (χ4n) is 2.34. The molecule has 5 nitrogen and oxygen atoms in total. The number of hydrogen-bond donors (Lipinski definition) is 2. The molecule has 0 aromatic carbocycles. The molecule has 0 aliphatic carbocycles. The molecular formula is C14H25N5. The van der Waals surface area contributed by atoms with Crippen LogP contribution in [0.3, 0.4) is 0 Å². The summed E-state index contributed by atoms with van der Waals surface area (Å²) in [5.41, 5.74) is 5.93. The van der Waals surface area contributed by atoms with Crippen LogP contribution in [0.2, 0.25) is 0 Å². The molecular weight excluding hydrogens is 238 g/mol. The number of aromatic nitrogens is 2. The summed E-state index contributed by atoms with van der Waals surface area (Å²) in [4.78, 5) is 10.8. The summed E-state index contributed by atoms with van der Waals surface area (Å²) in [5.74, 6) is 2.65. The van der Waals surface area contributed by atoms with Crippen LogP contribution in [0.5, 0.6) is 0 Å². The molecule has 106 valence electrons. The highest BCUT2D eigenvalue weighted by atomic mass is 15.2. The van der Waals surface area contributed by atoms with Crippen molar-refractivity contribution in [3.05, 3.63) is 12.4 Å². The van der Waals surface area contributed by atoms with Crippen LogP contribution < -0.4 is 16.0 Å². The van der Waals surface area contributed by atoms with Crippen LogP contribution in [-0.4, -0.2) is 35.6 Å². The fourth-order valence-corrected chi connectivity index (χ4v) is 2.34. The number of anilines is 2. The summed E-state index contributed by atoms with van der Waals surface area (Å²) in [6.45, 7) is 7.35. The van der Waals surface area contributed by atoms with E-state index in [-0.39, 0.29) is 6.04 Å². The minimum absolute atomic E-state index is 0.275. The molecule has 0 bridgehead atoms. The Labute approximate surface area is 115 Å². The Morgan fingerprint density at radius 3 is 3.00 bits per heavy atom. The summed E-state index contributed by atoms with van der Waals surface area (Å²) in [6.07, 6.45) is 5.09. The normalized spacial score (nSPS) is 19.2. The number of nitrogens with zero attached hydrogens (tertiary/aromatic N) is 3. The molecule has 1 aliphatic heterocycles. The monoisotopic (exact) mass is 263 g/mol. The molecule has 1 saturated heterocycles. The van der Waals surface area contributed by atoms with Gasteiger partial charge in [0.2, 0.25) is 0 Å². The molecule has 1 aromatic heterocycles. The maximum Gasteiger partial charge on any atom is 0.134 e. The zero-order valence-electron chi connectivity index (χ0n) is 12.0. The van der Waals surface area contributed by atoms with Gasteiger partial charge in [-0.25, -0.2) is 9.97 Å². The highest BCUT2D eigenvalue weighted by molar-refractivity contribution is 5.49. The molecule has 1 atom stereocenters. The first-order valence-corrected chi connectivity index (χ1v) is 7.21. The van der Waals surface area contributed by atoms with Crippen molar-refractivity contribution in [3.63, 3.8) is 0 Å². The van der Waals surface area contributed by atoms with Crippen LogP contribution in [0.25, 0.3) is 0 Å². The maximum atomic E-state index is 5.93. The topological polar surface area (TPSA) is 67.1 Å². The van der Waals surface area contributed by atoms with Crippen molar-refractivity contribution in [2.24, 2.45) is 11.7 Å². The molecule has 1 unspecified atom stereocenters. The highest BCUT2D eigenvalue weighted by Crippen LogP contribution is 2.19. The summed E-state index contributed by atoms with van der Waals surface area (Å²) in [6, 6.07) is 2.30. The first kappa shape index (κ1) is 14.1. The Morgan fingerprint density at radius 2 is 2.32 bits per heavy atom. The van der Waals surface area contributed by atoms with Gasteiger partial charge in [0.05, 0.1) is 0 Å². The molecule has 2 heterocycles. The lowest BCUT2D eigenvalue weighted by molar-refractivity contribution is 0.566. The van der Waals surface area contributed by atoms with E-state index in [1.807, 2.05) is 6.07 Å². The highest BCUT2D eigenvalue weighted by Gasteiger charge is 2.20. The third-order valence-electron chi connectivity index (χ3n) is 3.47. The quantitative estimate of drug-likeness (QED) is 0.767. The van der Waals surface area contributed by atoms with E-state index in [2.05, 4.69) is 34.0 Å². The Bertz CT molecular complexity index is 393. The zero-order valence-corrected chi connectivity index (χ0v) is 12.0. The van der Waals surface area contributed by atoms with Gasteiger partial charge in [-0.15, -0.1) is 0 Å². The van der Waals surface area contributed by atoms with Gasteiger partial charge in [-0.3, -0.25) is 0 Å². The Balaban J connectivity index is 1.85. The van der Waals surface area contributed by atoms with E-state index < -0.39 is 0 Å². The lowest BCUT2D eigenvalue weighted by Gasteiger charge is -2.17. The van der Waals surface area contributed by atoms with E-state index >= 15 is 0 Å². The molecule has 1 aromatic rings. The Hall–Kier alpha value is -1.36. The van der Waals surface area contributed by atoms with Crippen LogP contribution in [0.15, 0.2) is 12.4 Å². The molecule has 0 saturated carbocycles. The number of nitrogens with two attached hydrogens (primary N) is 1. The van der Waals surface area contributed by atoms with Crippen LogP contribution in [0.1, 0.15) is 33.1 Å². The molecule has 0 amide bonds. The third-order valence-corrected chi connectivity index (χ3v) is 3.47. The number of hydrogen-bond acceptors (Lipinski definition) is 5. The first-order chi connectivity index (χ1) is 9.15. The summed E-state index contributed by atoms with van der Waals surface area (Å²) < 4.78 is 0. The van der Waals surface area contributed by atoms with Gasteiger partial charge in [-0.2, -0.15) is 0 Å². The minimum Gasteiger partial charge on any atom is -0.370 e. The van der Waals surface area contributed by atoms with Crippen molar-refractivity contribution < 1.29 is 0 Å². The smallest absolute Gasteiger partial charge is 0.134 e. The van der Waals surface area contributed by atoms with E-state index in [1.54, 1.807) is 6.33 Å². The van der Waals surface area contributed by atoms with Crippen molar-refractivity contribution in [2.45, 2.75) is 39.2 Å². The van der Waals surface area contributed by atoms with Gasteiger partial charge >= 0.3 is 0 Å². The second-order valence-electron chi connectivity index (χ2n) is 5.72. The molecule has 0 spiro atoms. The van der Waals surface area contributed by atoms with Gasteiger partial charge in [-0.1, -0.05) is 13.8 Å². The van der Waals surface area contributed by atoms with E-state index in [4.69, 9.17) is 5.73 Å². The van der Waals surface area contributed by atoms with Crippen LogP contribution in [0.4, 0.5) is 11.6 Å². The summed E-state index contributed by atoms with van der Waals surface area (Å²) >= 11 is 0. The molecule has 0 radical (unpaired) electrons. The van der Waals surface area contributed by atoms with E-state index in [9.17, 15) is 0 Å². The molecule has 5 heteroatoms. The van der Waals surface area contributed by atoms with E-state index in [1.165, 1.54) is 12.8 Å². The Morgan fingerprint density at radius 1 is 1.47 bits per heavy atom. The molecule has 19 heavy (non-hydrogen) atoms. The van der Waals surface area contributed by atoms with Crippen LogP contribution in [0, 0.1) is 5.92 Å². The van der Waals surface area contributed by atoms with Crippen molar-refractivity contribution in [1.29, 1.82) is 0 Å². The second kappa shape index (κ2) is 6.70. The average molecular weight is 263 g/mol. The van der Waals surface area contributed by atoms with Gasteiger partial charge in [0.25, 0.3) is 0 Å². The second-order valence-corrected chi connectivity index (χ2v) is 5.72. The lowest BCUT2D eigenvalue weighted by atomic mass is 10.1. The van der Waals surface area contributed by atoms with E-state index in [0.29, 0.717) is 0 Å². The van der Waals surface area contributed by atoms with Crippen molar-refractivity contribution in [2.75, 3.05) is 29.9 Å². The maximum absolute atomic E-state index is 5.93. The van der Waals surface area contributed by atoms with E-state index in [0.717, 1.165) is 43.6 Å². The third kappa shape index (κ3) is 4.35. The first-order valence-electron chi connectivity index (χ1n) is 7.21. The number of nitrogens with one attached hydrogen (secondary N) is 1. The van der Waals surface area contributed by atoms with Crippen LogP contribution in [-0.2, 0) is 0 Å². The fraction of sp³-hybridized carbons (Fsp3) is 0.714. The summed E-state index contributed by atoms with van der Waals surface area (Å²) in [7, 11) is 0.